The van der Waals surface area contributed by atoms with Gasteiger partial charge in [-0.15, -0.1) is 0 Å². The molecule has 2 fully saturated rings. The molecular weight excluding hydrogens is 1170 g/mol. The van der Waals surface area contributed by atoms with E-state index in [0.29, 0.717) is 32.7 Å². The van der Waals surface area contributed by atoms with E-state index in [9.17, 15) is 38.7 Å². The van der Waals surface area contributed by atoms with Crippen molar-refractivity contribution in [1.82, 2.24) is 60.5 Å². The number of hydrogen-bond acceptors (Lipinski definition) is 15. The summed E-state index contributed by atoms with van der Waals surface area (Å²) in [4.78, 5) is 173. The van der Waals surface area contributed by atoms with Crippen LogP contribution in [-0.2, 0) is 62.2 Å². The van der Waals surface area contributed by atoms with E-state index in [2.05, 4.69) is 21.3 Å². The maximum Gasteiger partial charge on any atom is 0.246 e. The molecule has 0 aromatic rings. The van der Waals surface area contributed by atoms with Crippen LogP contribution in [0.5, 0.6) is 0 Å². The van der Waals surface area contributed by atoms with Gasteiger partial charge in [0, 0.05) is 76.1 Å². The Morgan fingerprint density at radius 3 is 1.49 bits per heavy atom. The SMILES string of the molecule is CC=CCC(C)C(O)C1C(=O)NC(CC)C(=O)N(C)CC(=O)N(C)C(C(CN2CCOCC2)OC)C(=O)NC(C(C)C)C(=O)N(C)C(CC(C)C)C(=O)NC(C)C(=O)NC(C)C(=O)N(C)C(CC(C)C)C(=O)N(C)C(CC(C)C)C(=O)N(C)C(C(C)C)C(=O)N1C. The van der Waals surface area contributed by atoms with Crippen LogP contribution in [0.25, 0.3) is 0 Å². The van der Waals surface area contributed by atoms with Crippen molar-refractivity contribution in [2.45, 2.75) is 209 Å². The number of carbonyl (C=O) groups excluding carboxylic acids is 11. The van der Waals surface area contributed by atoms with Gasteiger partial charge in [-0.25, -0.2) is 0 Å². The molecule has 26 heteroatoms. The highest BCUT2D eigenvalue weighted by Gasteiger charge is 2.46. The molecule has 5 N–H and O–H groups in total. The largest absolute Gasteiger partial charge is 0.390 e. The highest BCUT2D eigenvalue weighted by Crippen LogP contribution is 2.26. The van der Waals surface area contributed by atoms with Gasteiger partial charge in [-0.3, -0.25) is 57.6 Å². The smallest absolute Gasteiger partial charge is 0.246 e. The summed E-state index contributed by atoms with van der Waals surface area (Å²) in [5, 5.41) is 23.2. The predicted octanol–water partition coefficient (Wildman–Crippen LogP) is 1.57. The van der Waals surface area contributed by atoms with E-state index in [1.54, 1.807) is 60.6 Å². The maximum absolute atomic E-state index is 15.2. The van der Waals surface area contributed by atoms with Gasteiger partial charge in [0.25, 0.3) is 0 Å². The van der Waals surface area contributed by atoms with Gasteiger partial charge in [0.2, 0.25) is 65.0 Å². The molecule has 2 rings (SSSR count). The molecule has 0 radical (unpaired) electrons. The van der Waals surface area contributed by atoms with E-state index in [1.165, 1.54) is 89.9 Å². The Labute approximate surface area is 542 Å². The first-order valence-electron chi connectivity index (χ1n) is 32.5. The second-order valence-electron chi connectivity index (χ2n) is 27.1. The number of allylic oxidation sites excluding steroid dienone is 2. The molecule has 2 saturated heterocycles. The van der Waals surface area contributed by atoms with Crippen LogP contribution in [0.15, 0.2) is 12.2 Å². The molecule has 0 aromatic carbocycles. The molecule has 13 atom stereocenters. The van der Waals surface area contributed by atoms with Crippen LogP contribution in [0, 0.1) is 35.5 Å². The van der Waals surface area contributed by atoms with Crippen molar-refractivity contribution in [1.29, 1.82) is 0 Å². The molecule has 2 aliphatic heterocycles. The van der Waals surface area contributed by atoms with Crippen LogP contribution in [0.2, 0.25) is 0 Å². The van der Waals surface area contributed by atoms with Crippen LogP contribution in [0.3, 0.4) is 0 Å². The van der Waals surface area contributed by atoms with E-state index < -0.39 is 162 Å². The first-order valence-corrected chi connectivity index (χ1v) is 32.5. The summed E-state index contributed by atoms with van der Waals surface area (Å²) in [6.07, 6.45) is 1.76. The second kappa shape index (κ2) is 37.4. The minimum absolute atomic E-state index is 0.00694. The van der Waals surface area contributed by atoms with E-state index in [0.717, 1.165) is 14.7 Å². The Hall–Kier alpha value is -6.25. The van der Waals surface area contributed by atoms with Crippen molar-refractivity contribution in [2.24, 2.45) is 35.5 Å². The van der Waals surface area contributed by atoms with Crippen LogP contribution in [0.1, 0.15) is 136 Å². The summed E-state index contributed by atoms with van der Waals surface area (Å²) in [6.45, 7) is 27.4. The number of methoxy groups -OCH3 is 1. The number of aliphatic hydroxyl groups excluding tert-OH is 1. The zero-order chi connectivity index (χ0) is 69.8. The van der Waals surface area contributed by atoms with Gasteiger partial charge in [-0.2, -0.15) is 0 Å². The Morgan fingerprint density at radius 2 is 1.01 bits per heavy atom. The second-order valence-corrected chi connectivity index (χ2v) is 27.1. The fourth-order valence-corrected chi connectivity index (χ4v) is 11.7. The third-order valence-corrected chi connectivity index (χ3v) is 17.5. The number of aliphatic hydroxyl groups is 1. The molecular formula is C65H116N12O14. The van der Waals surface area contributed by atoms with Gasteiger partial charge in [-0.05, 0) is 88.4 Å². The lowest BCUT2D eigenvalue weighted by Crippen LogP contribution is -2.64. The molecule has 0 bridgehead atoms. The minimum atomic E-state index is -1.64. The third-order valence-electron chi connectivity index (χ3n) is 17.5. The maximum atomic E-state index is 15.2. The molecule has 13 unspecified atom stereocenters. The number of carbonyl (C=O) groups is 11. The van der Waals surface area contributed by atoms with Crippen LogP contribution < -0.4 is 21.3 Å². The quantitative estimate of drug-likeness (QED) is 0.129. The lowest BCUT2D eigenvalue weighted by molar-refractivity contribution is -0.157. The zero-order valence-electron chi connectivity index (χ0n) is 59.2. The van der Waals surface area contributed by atoms with E-state index in [4.69, 9.17) is 9.47 Å². The summed E-state index contributed by atoms with van der Waals surface area (Å²) in [7, 11) is 11.2. The molecule has 0 saturated carbocycles. The van der Waals surface area contributed by atoms with Crippen LogP contribution in [-0.4, -0.2) is 278 Å². The molecule has 520 valence electrons. The van der Waals surface area contributed by atoms with Crippen molar-refractivity contribution >= 4 is 65.0 Å². The summed E-state index contributed by atoms with van der Waals surface area (Å²) < 4.78 is 11.6. The van der Waals surface area contributed by atoms with Gasteiger partial charge in [0.05, 0.1) is 32.0 Å². The highest BCUT2D eigenvalue weighted by atomic mass is 16.5. The standard InChI is InChI=1S/C65H116N12O14/c1-24-26-27-42(13)55(79)54-59(83)68-45(25-2)61(85)70(16)36-50(78)74(20)53(49(90-23)35-77-28-30-91-31-29-77)58(82)69-51(40(9)10)64(88)71(17)46(32-37(3)4)57(81)66-43(14)56(80)67-44(15)60(84)72(18)47(33-38(5)6)62(86)73(19)48(34-39(7)8)63(87)75(21)52(41(11)12)65(89)76(54)22/h24,26,37-49,51-55,79H,25,27-36H2,1-23H3,(H,66,81)(H,67,80)(H,68,83)(H,69,82). The Balaban J connectivity index is 3.03. The minimum Gasteiger partial charge on any atom is -0.390 e. The number of rotatable bonds is 17. The first kappa shape index (κ1) is 80.8. The van der Waals surface area contributed by atoms with E-state index in [1.807, 2.05) is 46.4 Å². The molecule has 0 aliphatic carbocycles. The molecule has 0 aromatic heterocycles. The van der Waals surface area contributed by atoms with E-state index >= 15 is 19.2 Å². The van der Waals surface area contributed by atoms with Gasteiger partial charge >= 0.3 is 0 Å². The van der Waals surface area contributed by atoms with Gasteiger partial charge in [0.1, 0.15) is 60.4 Å². The normalized spacial score (nSPS) is 27.4. The number of nitrogens with one attached hydrogen (secondary N) is 4. The molecule has 11 amide bonds. The molecule has 26 nitrogen and oxygen atoms in total. The Bertz CT molecular complexity index is 2490. The number of ether oxygens (including phenoxy) is 2. The lowest BCUT2D eigenvalue weighted by atomic mass is 9.91. The summed E-state index contributed by atoms with van der Waals surface area (Å²) in [6, 6.07) is -12.9. The Kier molecular flexibility index (Phi) is 33.3. The number of morpholine rings is 1. The van der Waals surface area contributed by atoms with E-state index in [-0.39, 0.29) is 50.0 Å². The monoisotopic (exact) mass is 1290 g/mol. The van der Waals surface area contributed by atoms with Gasteiger partial charge < -0.3 is 70.1 Å². The predicted molar refractivity (Wildman–Crippen MR) is 347 cm³/mol. The van der Waals surface area contributed by atoms with Gasteiger partial charge in [-0.1, -0.05) is 95.2 Å². The Morgan fingerprint density at radius 1 is 0.538 bits per heavy atom. The number of amides is 11. The molecule has 2 heterocycles. The molecule has 2 aliphatic rings. The lowest BCUT2D eigenvalue weighted by Gasteiger charge is -2.41. The fourth-order valence-electron chi connectivity index (χ4n) is 11.7. The van der Waals surface area contributed by atoms with Crippen molar-refractivity contribution < 1.29 is 67.3 Å². The number of likely N-dealkylation sites (N-methyl/N-ethyl adjacent to an activating group) is 7. The first-order chi connectivity index (χ1) is 42.3. The number of nitrogens with zero attached hydrogens (tertiary/aromatic N) is 8. The third kappa shape index (κ3) is 22.5. The van der Waals surface area contributed by atoms with Crippen LogP contribution in [0.4, 0.5) is 0 Å². The van der Waals surface area contributed by atoms with Crippen molar-refractivity contribution in [2.75, 3.05) is 95.8 Å². The zero-order valence-corrected chi connectivity index (χ0v) is 59.2. The average molecular weight is 1290 g/mol. The van der Waals surface area contributed by atoms with Crippen LogP contribution >= 0.6 is 0 Å². The summed E-state index contributed by atoms with van der Waals surface area (Å²) >= 11 is 0. The number of hydrogen-bond donors (Lipinski definition) is 5. The van der Waals surface area contributed by atoms with Crippen molar-refractivity contribution in [3.8, 4) is 0 Å². The summed E-state index contributed by atoms with van der Waals surface area (Å²) in [5.41, 5.74) is 0. The topological polar surface area (TPSA) is 300 Å². The molecule has 91 heavy (non-hydrogen) atoms. The van der Waals surface area contributed by atoms with Crippen molar-refractivity contribution in [3.63, 3.8) is 0 Å². The summed E-state index contributed by atoms with van der Waals surface area (Å²) in [5.74, 6) is -10.1. The average Bonchev–Trinajstić information content (AvgIpc) is 0.873. The fraction of sp³-hybridized carbons (Fsp3) is 0.800. The highest BCUT2D eigenvalue weighted by molar-refractivity contribution is 5.99. The molecule has 0 spiro atoms. The van der Waals surface area contributed by atoms with Gasteiger partial charge in [0.15, 0.2) is 0 Å². The van der Waals surface area contributed by atoms with Crippen molar-refractivity contribution in [3.05, 3.63) is 12.2 Å².